The van der Waals surface area contributed by atoms with Crippen molar-refractivity contribution in [2.24, 2.45) is 0 Å². The molecule has 1 aromatic heterocycles. The van der Waals surface area contributed by atoms with Crippen molar-refractivity contribution < 1.29 is 15.0 Å². The van der Waals surface area contributed by atoms with Crippen LogP contribution < -0.4 is 4.90 Å². The van der Waals surface area contributed by atoms with Gasteiger partial charge < -0.3 is 15.1 Å². The van der Waals surface area contributed by atoms with Crippen molar-refractivity contribution in [2.45, 2.75) is 45.1 Å². The Kier molecular flexibility index (Phi) is 4.54. The lowest BCUT2D eigenvalue weighted by Gasteiger charge is -2.36. The molecule has 0 bridgehead atoms. The van der Waals surface area contributed by atoms with Gasteiger partial charge in [0.1, 0.15) is 5.82 Å². The van der Waals surface area contributed by atoms with Crippen LogP contribution in [-0.4, -0.2) is 45.3 Å². The molecule has 0 spiro atoms. The fourth-order valence-electron chi connectivity index (χ4n) is 2.54. The maximum absolute atomic E-state index is 11.5. The minimum Gasteiger partial charge on any atom is -0.476 e. The van der Waals surface area contributed by atoms with E-state index in [1.165, 1.54) is 0 Å². The molecule has 20 heavy (non-hydrogen) atoms. The van der Waals surface area contributed by atoms with Crippen molar-refractivity contribution in [1.29, 1.82) is 0 Å². The maximum Gasteiger partial charge on any atom is 0.356 e. The van der Waals surface area contributed by atoms with Gasteiger partial charge in [-0.2, -0.15) is 0 Å². The van der Waals surface area contributed by atoms with Gasteiger partial charge >= 0.3 is 5.97 Å². The van der Waals surface area contributed by atoms with E-state index in [0.29, 0.717) is 11.5 Å². The lowest BCUT2D eigenvalue weighted by molar-refractivity contribution is 0.0690. The zero-order chi connectivity index (χ0) is 14.7. The smallest absolute Gasteiger partial charge is 0.356 e. The first-order valence-corrected chi connectivity index (χ1v) is 7.02. The van der Waals surface area contributed by atoms with Crippen LogP contribution in [0.4, 0.5) is 5.69 Å². The predicted octanol–water partition coefficient (Wildman–Crippen LogP) is 1.65. The summed E-state index contributed by atoms with van der Waals surface area (Å²) in [5.74, 6) is -0.438. The minimum atomic E-state index is -1.05. The maximum atomic E-state index is 11.5. The summed E-state index contributed by atoms with van der Waals surface area (Å²) < 4.78 is 0. The molecule has 6 nitrogen and oxygen atoms in total. The Bertz CT molecular complexity index is 491. The fraction of sp³-hybridized carbons (Fsp3) is 0.643. The van der Waals surface area contributed by atoms with Gasteiger partial charge in [0, 0.05) is 12.5 Å². The summed E-state index contributed by atoms with van der Waals surface area (Å²) in [7, 11) is 0. The highest BCUT2D eigenvalue weighted by Gasteiger charge is 2.27. The molecule has 1 aliphatic heterocycles. The number of carbonyl (C=O) groups is 1. The van der Waals surface area contributed by atoms with Gasteiger partial charge in [-0.1, -0.05) is 13.8 Å². The first-order valence-electron chi connectivity index (χ1n) is 7.02. The van der Waals surface area contributed by atoms with Crippen LogP contribution in [0.2, 0.25) is 0 Å². The van der Waals surface area contributed by atoms with Gasteiger partial charge in [-0.3, -0.25) is 0 Å². The Morgan fingerprint density at radius 1 is 1.50 bits per heavy atom. The second-order valence-electron chi connectivity index (χ2n) is 5.45. The third-order valence-electron chi connectivity index (χ3n) is 3.65. The van der Waals surface area contributed by atoms with Crippen molar-refractivity contribution in [3.05, 3.63) is 17.7 Å². The van der Waals surface area contributed by atoms with Crippen molar-refractivity contribution in [2.75, 3.05) is 18.1 Å². The largest absolute Gasteiger partial charge is 0.476 e. The van der Waals surface area contributed by atoms with E-state index in [0.717, 1.165) is 25.8 Å². The number of piperidine rings is 1. The molecule has 0 saturated carbocycles. The van der Waals surface area contributed by atoms with Crippen LogP contribution in [0.25, 0.3) is 0 Å². The van der Waals surface area contributed by atoms with Gasteiger partial charge in [-0.15, -0.1) is 0 Å². The number of nitrogens with zero attached hydrogens (tertiary/aromatic N) is 3. The van der Waals surface area contributed by atoms with Crippen LogP contribution >= 0.6 is 0 Å². The Hall–Kier alpha value is -1.69. The number of aliphatic hydroxyl groups is 1. The average Bonchev–Trinajstić information content (AvgIpc) is 2.46. The summed E-state index contributed by atoms with van der Waals surface area (Å²) in [6, 6.07) is -0.0460. The van der Waals surface area contributed by atoms with Gasteiger partial charge in [-0.05, 0) is 19.3 Å². The van der Waals surface area contributed by atoms with Crippen LogP contribution in [-0.2, 0) is 0 Å². The highest BCUT2D eigenvalue weighted by molar-refractivity contribution is 5.92. The van der Waals surface area contributed by atoms with Gasteiger partial charge in [0.05, 0.1) is 24.5 Å². The number of carboxylic acid groups (broad SMARTS) is 1. The number of aliphatic hydroxyl groups excluding tert-OH is 1. The summed E-state index contributed by atoms with van der Waals surface area (Å²) in [4.78, 5) is 21.8. The number of rotatable bonds is 4. The molecule has 2 heterocycles. The molecule has 0 aromatic carbocycles. The van der Waals surface area contributed by atoms with E-state index < -0.39 is 5.97 Å². The molecule has 0 radical (unpaired) electrons. The quantitative estimate of drug-likeness (QED) is 0.871. The predicted molar refractivity (Wildman–Crippen MR) is 75.2 cm³/mol. The van der Waals surface area contributed by atoms with Crippen molar-refractivity contribution in [3.63, 3.8) is 0 Å². The van der Waals surface area contributed by atoms with E-state index in [1.54, 1.807) is 6.20 Å². The zero-order valence-corrected chi connectivity index (χ0v) is 11.9. The first kappa shape index (κ1) is 14.7. The van der Waals surface area contributed by atoms with Gasteiger partial charge in [-0.25, -0.2) is 14.8 Å². The normalized spacial score (nSPS) is 19.4. The SMILES string of the molecule is CC(C)c1ncc(N2CCCCC2CO)c(C(=O)O)n1. The Morgan fingerprint density at radius 3 is 2.85 bits per heavy atom. The topological polar surface area (TPSA) is 86.5 Å². The fourth-order valence-corrected chi connectivity index (χ4v) is 2.54. The molecule has 110 valence electrons. The first-order chi connectivity index (χ1) is 9.54. The summed E-state index contributed by atoms with van der Waals surface area (Å²) in [6.45, 7) is 4.61. The number of hydrogen-bond donors (Lipinski definition) is 2. The summed E-state index contributed by atoms with van der Waals surface area (Å²) in [6.07, 6.45) is 4.48. The van der Waals surface area contributed by atoms with Crippen LogP contribution in [0.5, 0.6) is 0 Å². The highest BCUT2D eigenvalue weighted by atomic mass is 16.4. The van der Waals surface area contributed by atoms with Crippen molar-refractivity contribution >= 4 is 11.7 Å². The second-order valence-corrected chi connectivity index (χ2v) is 5.45. The Balaban J connectivity index is 2.41. The molecule has 1 aromatic rings. The lowest BCUT2D eigenvalue weighted by atomic mass is 10.0. The molecule has 6 heteroatoms. The molecule has 1 unspecified atom stereocenters. The lowest BCUT2D eigenvalue weighted by Crippen LogP contribution is -2.43. The molecule has 1 fully saturated rings. The van der Waals surface area contributed by atoms with Crippen LogP contribution in [0, 0.1) is 0 Å². The number of hydrogen-bond acceptors (Lipinski definition) is 5. The van der Waals surface area contributed by atoms with Crippen molar-refractivity contribution in [1.82, 2.24) is 9.97 Å². The standard InChI is InChI=1S/C14H21N3O3/c1-9(2)13-15-7-11(12(16-13)14(19)20)17-6-4-3-5-10(17)8-18/h7,9-10,18H,3-6,8H2,1-2H3,(H,19,20). The van der Waals surface area contributed by atoms with E-state index >= 15 is 0 Å². The van der Waals surface area contributed by atoms with E-state index in [-0.39, 0.29) is 24.3 Å². The number of aromatic carboxylic acids is 1. The molecule has 1 saturated heterocycles. The van der Waals surface area contributed by atoms with E-state index in [1.807, 2.05) is 18.7 Å². The molecular weight excluding hydrogens is 258 g/mol. The van der Waals surface area contributed by atoms with E-state index in [2.05, 4.69) is 9.97 Å². The summed E-state index contributed by atoms with van der Waals surface area (Å²) >= 11 is 0. The van der Waals surface area contributed by atoms with Crippen molar-refractivity contribution in [3.8, 4) is 0 Å². The molecular formula is C14H21N3O3. The monoisotopic (exact) mass is 279 g/mol. The molecule has 1 atom stereocenters. The van der Waals surface area contributed by atoms with E-state index in [4.69, 9.17) is 0 Å². The Labute approximate surface area is 118 Å². The highest BCUT2D eigenvalue weighted by Crippen LogP contribution is 2.27. The van der Waals surface area contributed by atoms with Crippen LogP contribution in [0.15, 0.2) is 6.20 Å². The number of anilines is 1. The molecule has 1 aliphatic rings. The number of carboxylic acids is 1. The molecule has 2 N–H and O–H groups in total. The molecule has 0 aliphatic carbocycles. The molecule has 2 rings (SSSR count). The minimum absolute atomic E-state index is 0.0188. The van der Waals surface area contributed by atoms with E-state index in [9.17, 15) is 15.0 Å². The number of aromatic nitrogens is 2. The van der Waals surface area contributed by atoms with Gasteiger partial charge in [0.25, 0.3) is 0 Å². The summed E-state index contributed by atoms with van der Waals surface area (Å²) in [5, 5.41) is 18.8. The Morgan fingerprint density at radius 2 is 2.25 bits per heavy atom. The average molecular weight is 279 g/mol. The third-order valence-corrected chi connectivity index (χ3v) is 3.65. The summed E-state index contributed by atoms with van der Waals surface area (Å²) in [5.41, 5.74) is 0.546. The van der Waals surface area contributed by atoms with Crippen LogP contribution in [0.3, 0.4) is 0 Å². The third kappa shape index (κ3) is 2.90. The van der Waals surface area contributed by atoms with Gasteiger partial charge in [0.15, 0.2) is 5.69 Å². The van der Waals surface area contributed by atoms with Crippen LogP contribution in [0.1, 0.15) is 55.3 Å². The molecule has 0 amide bonds. The zero-order valence-electron chi connectivity index (χ0n) is 11.9. The second kappa shape index (κ2) is 6.17. The van der Waals surface area contributed by atoms with Gasteiger partial charge in [0.2, 0.25) is 0 Å².